The molecule has 15 heteroatoms. The Kier molecular flexibility index (Phi) is 15.0. The molecule has 0 saturated carbocycles. The number of unbranched alkanes of at least 4 members (excludes halogenated alkanes) is 5. The second-order valence-corrected chi connectivity index (χ2v) is 18.6. The molecule has 2 aromatic heterocycles. The number of benzene rings is 3. The van der Waals surface area contributed by atoms with Crippen molar-refractivity contribution in [2.45, 2.75) is 104 Å². The molecule has 1 aliphatic rings. The van der Waals surface area contributed by atoms with Gasteiger partial charge in [-0.25, -0.2) is 9.48 Å². The van der Waals surface area contributed by atoms with Gasteiger partial charge in [0, 0.05) is 39.1 Å². The van der Waals surface area contributed by atoms with Crippen LogP contribution in [0.15, 0.2) is 113 Å². The monoisotopic (exact) mass is 838 g/mol. The van der Waals surface area contributed by atoms with Crippen molar-refractivity contribution in [2.75, 3.05) is 12.8 Å². The molecule has 0 aliphatic carbocycles. The highest BCUT2D eigenvalue weighted by Crippen LogP contribution is 2.56. The van der Waals surface area contributed by atoms with Crippen LogP contribution in [0.5, 0.6) is 0 Å². The summed E-state index contributed by atoms with van der Waals surface area (Å²) in [6.07, 6.45) is 4.19. The molecule has 0 spiro atoms. The molecule has 0 amide bonds. The second-order valence-electron chi connectivity index (χ2n) is 15.0. The molecule has 4 atom stereocenters. The molecule has 0 unspecified atom stereocenters. The Bertz CT molecular complexity index is 2240. The quantitative estimate of drug-likeness (QED) is 0.0494. The van der Waals surface area contributed by atoms with Gasteiger partial charge < -0.3 is 18.9 Å². The van der Waals surface area contributed by atoms with E-state index in [1.54, 1.807) is 11.5 Å². The maximum absolute atomic E-state index is 13.7. The van der Waals surface area contributed by atoms with Crippen molar-refractivity contribution < 1.29 is 33.3 Å². The standard InChI is InChI=1S/C45H53N5O9P/c1-32-28-41(54)49(29-36-30-50(47-46-36)44-43(58-35(4)53)42(57-34(3)52)40(59-44)31-56-33(2)51)45(55)48(32)26-18-7-5-6-8-19-27-60(37-20-12-9-13-21-37,38-22-14-10-15-23-38)39-24-16-11-17-25-39/h9-17,20-25,28,30,40,42-44H,5-8,18-19,26-27,29,31H2,1-4H3/q+1/t40-,42-,43-,44-/m0/s1. The van der Waals surface area contributed by atoms with Gasteiger partial charge in [-0.2, -0.15) is 0 Å². The van der Waals surface area contributed by atoms with E-state index < -0.39 is 61.0 Å². The number of nitrogens with zero attached hydrogens (tertiary/aromatic N) is 5. The summed E-state index contributed by atoms with van der Waals surface area (Å²) in [4.78, 5) is 62.4. The minimum absolute atomic E-state index is 0.174. The molecular formula is C45H53N5O9P+. The van der Waals surface area contributed by atoms with Crippen LogP contribution in [0.3, 0.4) is 0 Å². The smallest absolute Gasteiger partial charge is 0.331 e. The highest BCUT2D eigenvalue weighted by Gasteiger charge is 2.51. The number of esters is 3. The van der Waals surface area contributed by atoms with Crippen molar-refractivity contribution >= 4 is 41.1 Å². The minimum atomic E-state index is -1.86. The van der Waals surface area contributed by atoms with Crippen LogP contribution >= 0.6 is 7.26 Å². The van der Waals surface area contributed by atoms with Crippen LogP contribution in [0.4, 0.5) is 0 Å². The molecule has 60 heavy (non-hydrogen) atoms. The van der Waals surface area contributed by atoms with Crippen LogP contribution in [0.1, 0.15) is 76.9 Å². The Labute approximate surface area is 349 Å². The minimum Gasteiger partial charge on any atom is -0.463 e. The van der Waals surface area contributed by atoms with E-state index in [-0.39, 0.29) is 18.8 Å². The van der Waals surface area contributed by atoms with E-state index in [1.165, 1.54) is 53.6 Å². The maximum atomic E-state index is 13.7. The number of aryl methyl sites for hydroxylation is 1. The van der Waals surface area contributed by atoms with Gasteiger partial charge >= 0.3 is 23.6 Å². The van der Waals surface area contributed by atoms with Crippen molar-refractivity contribution in [3.8, 4) is 0 Å². The van der Waals surface area contributed by atoms with E-state index in [2.05, 4.69) is 101 Å². The zero-order valence-electron chi connectivity index (χ0n) is 34.6. The van der Waals surface area contributed by atoms with Gasteiger partial charge in [0.2, 0.25) is 0 Å². The first kappa shape index (κ1) is 43.8. The fraction of sp³-hybridized carbons (Fsp3) is 0.400. The number of carbonyl (C=O) groups excluding carboxylic acids is 3. The first-order valence-electron chi connectivity index (χ1n) is 20.4. The fourth-order valence-electron chi connectivity index (χ4n) is 7.93. The summed E-state index contributed by atoms with van der Waals surface area (Å²) in [5.41, 5.74) is -0.0914. The third-order valence-electron chi connectivity index (χ3n) is 10.7. The number of hydrogen-bond donors (Lipinski definition) is 0. The van der Waals surface area contributed by atoms with Gasteiger partial charge in [0.05, 0.1) is 18.9 Å². The number of hydrogen-bond acceptors (Lipinski definition) is 11. The molecule has 6 rings (SSSR count). The number of aromatic nitrogens is 5. The third-order valence-corrected chi connectivity index (χ3v) is 15.2. The van der Waals surface area contributed by atoms with Crippen LogP contribution in [-0.4, -0.2) is 73.1 Å². The van der Waals surface area contributed by atoms with Crippen molar-refractivity contribution in [1.29, 1.82) is 0 Å². The van der Waals surface area contributed by atoms with Crippen LogP contribution in [0.25, 0.3) is 0 Å². The summed E-state index contributed by atoms with van der Waals surface area (Å²) < 4.78 is 26.0. The van der Waals surface area contributed by atoms with Gasteiger partial charge in [0.1, 0.15) is 41.6 Å². The summed E-state index contributed by atoms with van der Waals surface area (Å²) in [6, 6.07) is 34.3. The zero-order valence-corrected chi connectivity index (χ0v) is 35.4. The number of carbonyl (C=O) groups is 3. The molecule has 1 fully saturated rings. The summed E-state index contributed by atoms with van der Waals surface area (Å²) >= 11 is 0. The van der Waals surface area contributed by atoms with E-state index in [1.807, 2.05) is 0 Å². The average Bonchev–Trinajstić information content (AvgIpc) is 3.83. The molecule has 0 radical (unpaired) electrons. The molecular weight excluding hydrogens is 785 g/mol. The van der Waals surface area contributed by atoms with Gasteiger partial charge in [0.15, 0.2) is 18.4 Å². The van der Waals surface area contributed by atoms with Gasteiger partial charge in [-0.3, -0.25) is 28.3 Å². The van der Waals surface area contributed by atoms with Crippen LogP contribution in [0, 0.1) is 6.92 Å². The highest BCUT2D eigenvalue weighted by molar-refractivity contribution is 7.95. The molecule has 0 bridgehead atoms. The topological polar surface area (TPSA) is 163 Å². The van der Waals surface area contributed by atoms with Crippen LogP contribution in [0.2, 0.25) is 0 Å². The van der Waals surface area contributed by atoms with Gasteiger partial charge in [0.25, 0.3) is 5.56 Å². The van der Waals surface area contributed by atoms with E-state index in [0.717, 1.165) is 49.3 Å². The highest BCUT2D eigenvalue weighted by atomic mass is 31.2. The summed E-state index contributed by atoms with van der Waals surface area (Å²) in [7, 11) is -1.86. The predicted molar refractivity (Wildman–Crippen MR) is 228 cm³/mol. The lowest BCUT2D eigenvalue weighted by atomic mass is 10.1. The Hall–Kier alpha value is -5.72. The normalized spacial score (nSPS) is 17.6. The molecule has 1 aliphatic heterocycles. The predicted octanol–water partition coefficient (Wildman–Crippen LogP) is 4.62. The maximum Gasteiger partial charge on any atom is 0.331 e. The lowest BCUT2D eigenvalue weighted by Crippen LogP contribution is -2.41. The van der Waals surface area contributed by atoms with Crippen molar-refractivity contribution in [2.24, 2.45) is 0 Å². The first-order valence-corrected chi connectivity index (χ1v) is 22.4. The SMILES string of the molecule is CC(=O)OC[C@@H]1O[C@H](n2cc(Cn3c(=O)cc(C)n(CCCCCCCC[P+](c4ccccc4)(c4ccccc4)c4ccccc4)c3=O)nn2)[C@@H](OC(C)=O)[C@H]1OC(C)=O. The van der Waals surface area contributed by atoms with Gasteiger partial charge in [-0.15, -0.1) is 5.10 Å². The fourth-order valence-corrected chi connectivity index (χ4v) is 12.3. The molecule has 5 aromatic rings. The Balaban J connectivity index is 1.07. The summed E-state index contributed by atoms with van der Waals surface area (Å²) in [6.45, 7) is 5.37. The van der Waals surface area contributed by atoms with E-state index in [0.29, 0.717) is 12.2 Å². The molecule has 14 nitrogen and oxygen atoms in total. The van der Waals surface area contributed by atoms with Gasteiger partial charge in [-0.1, -0.05) is 79.1 Å². The Morgan fingerprint density at radius 2 is 1.23 bits per heavy atom. The van der Waals surface area contributed by atoms with Crippen molar-refractivity contribution in [3.63, 3.8) is 0 Å². The summed E-state index contributed by atoms with van der Waals surface area (Å²) in [5, 5.41) is 12.5. The van der Waals surface area contributed by atoms with E-state index in [4.69, 9.17) is 18.9 Å². The van der Waals surface area contributed by atoms with Gasteiger partial charge in [-0.05, 0) is 62.6 Å². The Morgan fingerprint density at radius 3 is 1.78 bits per heavy atom. The molecule has 0 N–H and O–H groups in total. The Morgan fingerprint density at radius 1 is 0.700 bits per heavy atom. The zero-order chi connectivity index (χ0) is 42.6. The van der Waals surface area contributed by atoms with Crippen molar-refractivity contribution in [1.82, 2.24) is 24.1 Å². The largest absolute Gasteiger partial charge is 0.463 e. The molecule has 1 saturated heterocycles. The van der Waals surface area contributed by atoms with Crippen LogP contribution in [-0.2, 0) is 46.4 Å². The molecule has 316 valence electrons. The van der Waals surface area contributed by atoms with E-state index >= 15 is 0 Å². The van der Waals surface area contributed by atoms with Crippen molar-refractivity contribution in [3.05, 3.63) is 135 Å². The number of rotatable bonds is 19. The first-order chi connectivity index (χ1) is 29.0. The average molecular weight is 839 g/mol. The molecule has 3 heterocycles. The molecule has 3 aromatic carbocycles. The summed E-state index contributed by atoms with van der Waals surface area (Å²) in [5.74, 6) is -1.90. The lowest BCUT2D eigenvalue weighted by molar-refractivity contribution is -0.166. The number of ether oxygens (including phenoxy) is 4. The third kappa shape index (κ3) is 10.5. The lowest BCUT2D eigenvalue weighted by Gasteiger charge is -2.27. The van der Waals surface area contributed by atoms with E-state index in [9.17, 15) is 24.0 Å². The van der Waals surface area contributed by atoms with Crippen LogP contribution < -0.4 is 27.2 Å². The second kappa shape index (κ2) is 20.5.